The highest BCUT2D eigenvalue weighted by Gasteiger charge is 2.34. The average Bonchev–Trinajstić information content (AvgIpc) is 2.49. The number of anilines is 1. The van der Waals surface area contributed by atoms with Gasteiger partial charge in [0.2, 0.25) is 5.91 Å². The van der Waals surface area contributed by atoms with E-state index in [4.69, 9.17) is 0 Å². The van der Waals surface area contributed by atoms with Crippen molar-refractivity contribution >= 4 is 17.6 Å². The van der Waals surface area contributed by atoms with Gasteiger partial charge in [0.1, 0.15) is 0 Å². The number of carbonyl (C=O) groups is 2. The fourth-order valence-electron chi connectivity index (χ4n) is 2.59. The Bertz CT molecular complexity index is 554. The van der Waals surface area contributed by atoms with Crippen LogP contribution >= 0.6 is 0 Å². The highest BCUT2D eigenvalue weighted by atomic mass is 16.4. The molecule has 1 aromatic rings. The minimum Gasteiger partial charge on any atom is -0.481 e. The number of carbonyl (C=O) groups excluding carboxylic acids is 1. The summed E-state index contributed by atoms with van der Waals surface area (Å²) >= 11 is 0. The molecule has 1 aliphatic carbocycles. The minimum absolute atomic E-state index is 0.227. The summed E-state index contributed by atoms with van der Waals surface area (Å²) in [4.78, 5) is 23.7. The molecule has 5 nitrogen and oxygen atoms in total. The Morgan fingerprint density at radius 2 is 1.86 bits per heavy atom. The van der Waals surface area contributed by atoms with E-state index in [9.17, 15) is 14.7 Å². The van der Waals surface area contributed by atoms with Crippen LogP contribution in [0, 0.1) is 11.8 Å². The van der Waals surface area contributed by atoms with E-state index in [1.807, 2.05) is 43.5 Å². The molecule has 2 unspecified atom stereocenters. The van der Waals surface area contributed by atoms with Crippen molar-refractivity contribution in [3.05, 3.63) is 42.0 Å². The molecule has 0 heterocycles. The zero-order valence-corrected chi connectivity index (χ0v) is 12.0. The normalized spacial score (nSPS) is 21.0. The van der Waals surface area contributed by atoms with Crippen molar-refractivity contribution in [1.29, 1.82) is 0 Å². The number of carboxylic acids is 1. The van der Waals surface area contributed by atoms with Crippen molar-refractivity contribution in [2.75, 3.05) is 12.4 Å². The molecular weight excluding hydrogens is 268 g/mol. The molecule has 0 fully saturated rings. The minimum atomic E-state index is -0.914. The standard InChI is InChI=1S/C16H20N2O3/c1-17-10-11-6-2-5-9-14(11)18-15(19)12-7-3-4-8-13(12)16(20)21/h2-6,9,12-13,17H,7-8,10H2,1H3,(H,18,19)(H,20,21). The van der Waals surface area contributed by atoms with Gasteiger partial charge in [-0.15, -0.1) is 0 Å². The molecule has 1 aliphatic rings. The molecular formula is C16H20N2O3. The molecule has 1 aromatic carbocycles. The molecule has 0 aliphatic heterocycles. The molecule has 0 aromatic heterocycles. The molecule has 3 N–H and O–H groups in total. The van der Waals surface area contributed by atoms with Gasteiger partial charge in [-0.3, -0.25) is 9.59 Å². The Morgan fingerprint density at radius 1 is 1.19 bits per heavy atom. The summed E-state index contributed by atoms with van der Waals surface area (Å²) in [6.45, 7) is 0.642. The van der Waals surface area contributed by atoms with Crippen molar-refractivity contribution in [2.45, 2.75) is 19.4 Å². The SMILES string of the molecule is CNCc1ccccc1NC(=O)C1CC=CCC1C(=O)O. The maximum absolute atomic E-state index is 12.4. The number of nitrogens with one attached hydrogen (secondary N) is 2. The Labute approximate surface area is 124 Å². The lowest BCUT2D eigenvalue weighted by Crippen LogP contribution is -2.35. The van der Waals surface area contributed by atoms with Crippen molar-refractivity contribution < 1.29 is 14.7 Å². The van der Waals surface area contributed by atoms with E-state index in [0.29, 0.717) is 19.4 Å². The Balaban J connectivity index is 2.14. The van der Waals surface area contributed by atoms with Gasteiger partial charge < -0.3 is 15.7 Å². The van der Waals surface area contributed by atoms with Crippen LogP contribution in [0.25, 0.3) is 0 Å². The summed E-state index contributed by atoms with van der Waals surface area (Å²) in [6.07, 6.45) is 4.59. The second kappa shape index (κ2) is 7.04. The van der Waals surface area contributed by atoms with Gasteiger partial charge >= 0.3 is 5.97 Å². The summed E-state index contributed by atoms with van der Waals surface area (Å²) in [7, 11) is 1.84. The van der Waals surface area contributed by atoms with Crippen LogP contribution in [0.1, 0.15) is 18.4 Å². The summed E-state index contributed by atoms with van der Waals surface area (Å²) in [5.41, 5.74) is 1.71. The van der Waals surface area contributed by atoms with Gasteiger partial charge in [-0.1, -0.05) is 30.4 Å². The molecule has 0 saturated carbocycles. The summed E-state index contributed by atoms with van der Waals surface area (Å²) in [5.74, 6) is -2.31. The van der Waals surface area contributed by atoms with Gasteiger partial charge in [0, 0.05) is 12.2 Å². The molecule has 0 radical (unpaired) electrons. The third-order valence-electron chi connectivity index (χ3n) is 3.73. The number of allylic oxidation sites excluding steroid dienone is 2. The first-order chi connectivity index (χ1) is 10.1. The highest BCUT2D eigenvalue weighted by Crippen LogP contribution is 2.27. The lowest BCUT2D eigenvalue weighted by atomic mass is 9.82. The quantitative estimate of drug-likeness (QED) is 0.724. The number of carboxylic acid groups (broad SMARTS) is 1. The van der Waals surface area contributed by atoms with Crippen molar-refractivity contribution in [2.24, 2.45) is 11.8 Å². The smallest absolute Gasteiger partial charge is 0.307 e. The van der Waals surface area contributed by atoms with Crippen LogP contribution < -0.4 is 10.6 Å². The van der Waals surface area contributed by atoms with Crippen LogP contribution in [-0.4, -0.2) is 24.0 Å². The first-order valence-electron chi connectivity index (χ1n) is 7.04. The monoisotopic (exact) mass is 288 g/mol. The fourth-order valence-corrected chi connectivity index (χ4v) is 2.59. The first kappa shape index (κ1) is 15.3. The van der Waals surface area contributed by atoms with E-state index in [0.717, 1.165) is 11.3 Å². The van der Waals surface area contributed by atoms with Crippen LogP contribution in [0.2, 0.25) is 0 Å². The zero-order valence-electron chi connectivity index (χ0n) is 12.0. The molecule has 0 spiro atoms. The molecule has 2 atom stereocenters. The Morgan fingerprint density at radius 3 is 2.52 bits per heavy atom. The predicted octanol–water partition coefficient (Wildman–Crippen LogP) is 2.01. The number of para-hydroxylation sites is 1. The third-order valence-corrected chi connectivity index (χ3v) is 3.73. The van der Waals surface area contributed by atoms with Gasteiger partial charge in [0.15, 0.2) is 0 Å². The number of amides is 1. The van der Waals surface area contributed by atoms with E-state index in [-0.39, 0.29) is 5.91 Å². The molecule has 1 amide bonds. The third kappa shape index (κ3) is 3.70. The van der Waals surface area contributed by atoms with Gasteiger partial charge in [0.05, 0.1) is 11.8 Å². The molecule has 21 heavy (non-hydrogen) atoms. The lowest BCUT2D eigenvalue weighted by molar-refractivity contribution is -0.146. The van der Waals surface area contributed by atoms with Crippen molar-refractivity contribution in [1.82, 2.24) is 5.32 Å². The summed E-state index contributed by atoms with van der Waals surface area (Å²) < 4.78 is 0. The van der Waals surface area contributed by atoms with E-state index < -0.39 is 17.8 Å². The number of rotatable bonds is 5. The first-order valence-corrected chi connectivity index (χ1v) is 7.04. The van der Waals surface area contributed by atoms with Crippen molar-refractivity contribution in [3.63, 3.8) is 0 Å². The van der Waals surface area contributed by atoms with Crippen molar-refractivity contribution in [3.8, 4) is 0 Å². The number of hydrogen-bond donors (Lipinski definition) is 3. The van der Waals surface area contributed by atoms with E-state index in [1.54, 1.807) is 0 Å². The predicted molar refractivity (Wildman–Crippen MR) is 80.8 cm³/mol. The molecule has 0 bridgehead atoms. The molecule has 5 heteroatoms. The van der Waals surface area contributed by atoms with Crippen LogP contribution in [-0.2, 0) is 16.1 Å². The summed E-state index contributed by atoms with van der Waals surface area (Å²) in [5, 5.41) is 15.2. The average molecular weight is 288 g/mol. The topological polar surface area (TPSA) is 78.4 Å². The number of hydrogen-bond acceptors (Lipinski definition) is 3. The highest BCUT2D eigenvalue weighted by molar-refractivity contribution is 5.96. The lowest BCUT2D eigenvalue weighted by Gasteiger charge is -2.24. The Hall–Kier alpha value is -2.14. The van der Waals surface area contributed by atoms with Gasteiger partial charge in [-0.05, 0) is 31.5 Å². The summed E-state index contributed by atoms with van der Waals surface area (Å²) in [6, 6.07) is 7.52. The fraction of sp³-hybridized carbons (Fsp3) is 0.375. The zero-order chi connectivity index (χ0) is 15.2. The van der Waals surface area contributed by atoms with Crippen LogP contribution in [0.5, 0.6) is 0 Å². The van der Waals surface area contributed by atoms with Gasteiger partial charge in [-0.25, -0.2) is 0 Å². The number of benzene rings is 1. The van der Waals surface area contributed by atoms with Crippen LogP contribution in [0.4, 0.5) is 5.69 Å². The van der Waals surface area contributed by atoms with Gasteiger partial charge in [-0.2, -0.15) is 0 Å². The van der Waals surface area contributed by atoms with E-state index in [1.165, 1.54) is 0 Å². The Kier molecular flexibility index (Phi) is 5.11. The van der Waals surface area contributed by atoms with E-state index >= 15 is 0 Å². The second-order valence-electron chi connectivity index (χ2n) is 5.17. The molecule has 2 rings (SSSR count). The van der Waals surface area contributed by atoms with Crippen LogP contribution in [0.15, 0.2) is 36.4 Å². The van der Waals surface area contributed by atoms with Crippen LogP contribution in [0.3, 0.4) is 0 Å². The number of aliphatic carboxylic acids is 1. The largest absolute Gasteiger partial charge is 0.481 e. The molecule has 0 saturated heterocycles. The maximum atomic E-state index is 12.4. The van der Waals surface area contributed by atoms with Gasteiger partial charge in [0.25, 0.3) is 0 Å². The van der Waals surface area contributed by atoms with E-state index in [2.05, 4.69) is 10.6 Å². The maximum Gasteiger partial charge on any atom is 0.307 e. The molecule has 112 valence electrons. The second-order valence-corrected chi connectivity index (χ2v) is 5.17.